The molecule has 0 radical (unpaired) electrons. The largest absolute Gasteiger partial charge is 0.491 e. The van der Waals surface area contributed by atoms with E-state index in [0.29, 0.717) is 24.4 Å². The van der Waals surface area contributed by atoms with Crippen molar-refractivity contribution in [1.82, 2.24) is 9.78 Å². The first-order valence-corrected chi connectivity index (χ1v) is 12.1. The Balaban J connectivity index is 1.52. The van der Waals surface area contributed by atoms with Gasteiger partial charge in [-0.3, -0.25) is 8.99 Å². The van der Waals surface area contributed by atoms with Crippen molar-refractivity contribution in [1.29, 1.82) is 0 Å². The molecular weight excluding hydrogens is 426 g/mol. The van der Waals surface area contributed by atoms with Gasteiger partial charge in [0.1, 0.15) is 23.4 Å². The van der Waals surface area contributed by atoms with Crippen molar-refractivity contribution in [2.75, 3.05) is 17.5 Å². The average molecular weight is 456 g/mol. The van der Waals surface area contributed by atoms with E-state index >= 15 is 0 Å². The van der Waals surface area contributed by atoms with Crippen LogP contribution in [-0.4, -0.2) is 42.6 Å². The number of rotatable bonds is 7. The van der Waals surface area contributed by atoms with Crippen molar-refractivity contribution >= 4 is 15.7 Å². The fourth-order valence-electron chi connectivity index (χ4n) is 4.30. The molecule has 32 heavy (non-hydrogen) atoms. The highest BCUT2D eigenvalue weighted by atomic mass is 32.2. The van der Waals surface area contributed by atoms with Crippen molar-refractivity contribution in [3.8, 4) is 5.75 Å². The van der Waals surface area contributed by atoms with Crippen LogP contribution >= 0.6 is 0 Å². The summed E-state index contributed by atoms with van der Waals surface area (Å²) in [7, 11) is -3.76. The summed E-state index contributed by atoms with van der Waals surface area (Å²) < 4.78 is 35.8. The predicted molar refractivity (Wildman–Crippen MR) is 124 cm³/mol. The Morgan fingerprint density at radius 2 is 1.88 bits per heavy atom. The van der Waals surface area contributed by atoms with Crippen LogP contribution in [0.25, 0.3) is 0 Å². The third-order valence-electron chi connectivity index (χ3n) is 5.85. The Morgan fingerprint density at radius 3 is 2.62 bits per heavy atom. The number of fused-ring (bicyclic) bond motifs is 1. The van der Waals surface area contributed by atoms with E-state index in [1.807, 2.05) is 56.3 Å². The highest BCUT2D eigenvalue weighted by Crippen LogP contribution is 2.34. The summed E-state index contributed by atoms with van der Waals surface area (Å²) in [4.78, 5) is 0.205. The van der Waals surface area contributed by atoms with Crippen molar-refractivity contribution in [3.63, 3.8) is 0 Å². The molecular formula is C24H29N3O4S. The zero-order chi connectivity index (χ0) is 23.0. The first kappa shape index (κ1) is 22.4. The van der Waals surface area contributed by atoms with Gasteiger partial charge in [-0.15, -0.1) is 0 Å². The molecule has 170 valence electrons. The van der Waals surface area contributed by atoms with Crippen LogP contribution in [0.5, 0.6) is 5.75 Å². The fourth-order valence-corrected chi connectivity index (χ4v) is 6.18. The van der Waals surface area contributed by atoms with Crippen LogP contribution < -0.4 is 9.04 Å². The Labute approximate surface area is 189 Å². The van der Waals surface area contributed by atoms with E-state index in [2.05, 4.69) is 5.10 Å². The first-order valence-electron chi connectivity index (χ1n) is 10.7. The van der Waals surface area contributed by atoms with Crippen molar-refractivity contribution < 1.29 is 18.3 Å². The number of ether oxygens (including phenoxy) is 1. The number of sulfonamides is 1. The molecule has 0 saturated carbocycles. The lowest BCUT2D eigenvalue weighted by Gasteiger charge is -2.20. The number of hydrogen-bond acceptors (Lipinski definition) is 5. The quantitative estimate of drug-likeness (QED) is 0.591. The smallest absolute Gasteiger partial charge is 0.268 e. The summed E-state index contributed by atoms with van der Waals surface area (Å²) in [5, 5.41) is 15.0. The SMILES string of the molecule is Cc1ccc(OCC(O)Cn2nc(C)c(S(=O)(=O)N3CCc4ccccc43)c2C)c(C)c1. The summed E-state index contributed by atoms with van der Waals surface area (Å²) in [6, 6.07) is 13.4. The number of para-hydroxylation sites is 1. The van der Waals surface area contributed by atoms with Crippen molar-refractivity contribution in [2.24, 2.45) is 0 Å². The van der Waals surface area contributed by atoms with E-state index < -0.39 is 16.1 Å². The molecule has 0 spiro atoms. The van der Waals surface area contributed by atoms with Gasteiger partial charge in [0.25, 0.3) is 10.0 Å². The third kappa shape index (κ3) is 4.12. The molecule has 0 amide bonds. The topological polar surface area (TPSA) is 84.7 Å². The summed E-state index contributed by atoms with van der Waals surface area (Å²) >= 11 is 0. The lowest BCUT2D eigenvalue weighted by Crippen LogP contribution is -2.30. The molecule has 2 heterocycles. The molecule has 2 aromatic carbocycles. The molecule has 4 rings (SSSR count). The molecule has 3 aromatic rings. The molecule has 0 aliphatic carbocycles. The van der Waals surface area contributed by atoms with Crippen LogP contribution in [0.15, 0.2) is 47.4 Å². The van der Waals surface area contributed by atoms with Gasteiger partial charge in [0.15, 0.2) is 0 Å². The van der Waals surface area contributed by atoms with Crippen molar-refractivity contribution in [2.45, 2.75) is 51.7 Å². The van der Waals surface area contributed by atoms with Crippen LogP contribution in [0.1, 0.15) is 28.1 Å². The maximum atomic E-state index is 13.5. The number of aliphatic hydroxyl groups excluding tert-OH is 1. The Kier molecular flexibility index (Phi) is 6.01. The number of nitrogens with zero attached hydrogens (tertiary/aromatic N) is 3. The van der Waals surface area contributed by atoms with E-state index in [4.69, 9.17) is 4.74 Å². The van der Waals surface area contributed by atoms with Crippen LogP contribution in [-0.2, 0) is 23.0 Å². The molecule has 7 nitrogen and oxygen atoms in total. The minimum Gasteiger partial charge on any atom is -0.491 e. The number of aryl methyl sites for hydroxylation is 3. The van der Waals surface area contributed by atoms with E-state index in [0.717, 1.165) is 28.1 Å². The second kappa shape index (κ2) is 8.60. The average Bonchev–Trinajstić information content (AvgIpc) is 3.29. The monoisotopic (exact) mass is 455 g/mol. The second-order valence-corrected chi connectivity index (χ2v) is 10.2. The number of aliphatic hydroxyl groups is 1. The van der Waals surface area contributed by atoms with Gasteiger partial charge in [0.05, 0.1) is 23.6 Å². The van der Waals surface area contributed by atoms with Gasteiger partial charge in [0, 0.05) is 6.54 Å². The van der Waals surface area contributed by atoms with Crippen LogP contribution in [0.4, 0.5) is 5.69 Å². The number of anilines is 1. The highest BCUT2D eigenvalue weighted by Gasteiger charge is 2.35. The number of aromatic nitrogens is 2. The summed E-state index contributed by atoms with van der Waals surface area (Å²) in [6.07, 6.45) is -0.146. The van der Waals surface area contributed by atoms with Gasteiger partial charge in [-0.2, -0.15) is 5.10 Å². The molecule has 1 aliphatic heterocycles. The van der Waals surface area contributed by atoms with E-state index in [1.54, 1.807) is 18.5 Å². The van der Waals surface area contributed by atoms with Gasteiger partial charge in [-0.05, 0) is 57.4 Å². The fraction of sp³-hybridized carbons (Fsp3) is 0.375. The van der Waals surface area contributed by atoms with Gasteiger partial charge in [-0.25, -0.2) is 8.42 Å². The second-order valence-electron chi connectivity index (χ2n) is 8.37. The summed E-state index contributed by atoms with van der Waals surface area (Å²) in [5.74, 6) is 0.721. The molecule has 1 unspecified atom stereocenters. The van der Waals surface area contributed by atoms with E-state index in [-0.39, 0.29) is 18.0 Å². The highest BCUT2D eigenvalue weighted by molar-refractivity contribution is 7.93. The summed E-state index contributed by atoms with van der Waals surface area (Å²) in [6.45, 7) is 8.04. The number of benzene rings is 2. The third-order valence-corrected chi connectivity index (χ3v) is 7.92. The van der Waals surface area contributed by atoms with Crippen molar-refractivity contribution in [3.05, 3.63) is 70.5 Å². The molecule has 1 N–H and O–H groups in total. The van der Waals surface area contributed by atoms with Gasteiger partial charge in [-0.1, -0.05) is 35.9 Å². The molecule has 0 fully saturated rings. The molecule has 0 saturated heterocycles. The van der Waals surface area contributed by atoms with E-state index in [1.165, 1.54) is 4.31 Å². The van der Waals surface area contributed by atoms with Crippen LogP contribution in [0.2, 0.25) is 0 Å². The standard InChI is InChI=1S/C24H29N3O4S/c1-16-9-10-23(17(2)13-16)31-15-21(28)14-26-19(4)24(18(3)25-26)32(29,30)27-12-11-20-7-5-6-8-22(20)27/h5-10,13,21,28H,11-12,14-15H2,1-4H3. The molecule has 1 atom stereocenters. The number of hydrogen-bond donors (Lipinski definition) is 1. The predicted octanol–water partition coefficient (Wildman–Crippen LogP) is 3.31. The molecule has 1 aliphatic rings. The molecule has 1 aromatic heterocycles. The Hall–Kier alpha value is -2.84. The van der Waals surface area contributed by atoms with Gasteiger partial charge < -0.3 is 9.84 Å². The maximum Gasteiger partial charge on any atom is 0.268 e. The zero-order valence-electron chi connectivity index (χ0n) is 18.9. The van der Waals surface area contributed by atoms with E-state index in [9.17, 15) is 13.5 Å². The Morgan fingerprint density at radius 1 is 1.12 bits per heavy atom. The Bertz CT molecular complexity index is 1250. The minimum absolute atomic E-state index is 0.0871. The first-order chi connectivity index (χ1) is 15.2. The van der Waals surface area contributed by atoms with Gasteiger partial charge in [0.2, 0.25) is 0 Å². The van der Waals surface area contributed by atoms with Gasteiger partial charge >= 0.3 is 0 Å². The minimum atomic E-state index is -3.76. The van der Waals surface area contributed by atoms with Crippen LogP contribution in [0, 0.1) is 27.7 Å². The zero-order valence-corrected chi connectivity index (χ0v) is 19.7. The lowest BCUT2D eigenvalue weighted by atomic mass is 10.1. The molecule has 8 heteroatoms. The lowest BCUT2D eigenvalue weighted by molar-refractivity contribution is 0.0883. The molecule has 0 bridgehead atoms. The summed E-state index contributed by atoms with van der Waals surface area (Å²) in [5.41, 5.74) is 4.83. The normalized spacial score (nSPS) is 14.5. The van der Waals surface area contributed by atoms with Crippen LogP contribution in [0.3, 0.4) is 0 Å². The maximum absolute atomic E-state index is 13.5.